The summed E-state index contributed by atoms with van der Waals surface area (Å²) < 4.78 is 35.5. The van der Waals surface area contributed by atoms with Crippen molar-refractivity contribution in [1.82, 2.24) is 0 Å². The highest BCUT2D eigenvalue weighted by atomic mass is 35.5. The van der Waals surface area contributed by atoms with Gasteiger partial charge in [-0.1, -0.05) is 41.0 Å². The standard InChI is InChI=1S/C20H20Cl2N2O4S2/c1-27-14-5-6-19(28-2)17(8-14)24-18-11-30(25,26)10-16(18)23-20(24)29-9-12-3-4-13(21)7-15(12)22/h3-8,16,18H,9-11H2,1-2H3/t16-,18-/m1/s1. The summed E-state index contributed by atoms with van der Waals surface area (Å²) in [4.78, 5) is 6.72. The van der Waals surface area contributed by atoms with Gasteiger partial charge in [-0.3, -0.25) is 4.99 Å². The molecule has 30 heavy (non-hydrogen) atoms. The molecule has 2 aromatic carbocycles. The molecule has 0 unspecified atom stereocenters. The second-order valence-corrected chi connectivity index (χ2v) is 11.0. The van der Waals surface area contributed by atoms with Crippen molar-refractivity contribution in [2.45, 2.75) is 17.8 Å². The number of methoxy groups -OCH3 is 2. The summed E-state index contributed by atoms with van der Waals surface area (Å²) in [5.41, 5.74) is 1.66. The smallest absolute Gasteiger partial charge is 0.164 e. The third-order valence-electron chi connectivity index (χ3n) is 5.12. The number of ether oxygens (including phenoxy) is 2. The van der Waals surface area contributed by atoms with Crippen molar-refractivity contribution in [3.8, 4) is 11.5 Å². The molecule has 1 saturated heterocycles. The summed E-state index contributed by atoms with van der Waals surface area (Å²) in [5, 5.41) is 1.90. The van der Waals surface area contributed by atoms with E-state index in [1.807, 2.05) is 23.1 Å². The Labute approximate surface area is 190 Å². The Morgan fingerprint density at radius 3 is 2.63 bits per heavy atom. The van der Waals surface area contributed by atoms with E-state index in [-0.39, 0.29) is 23.6 Å². The maximum absolute atomic E-state index is 12.3. The van der Waals surface area contributed by atoms with Gasteiger partial charge in [-0.2, -0.15) is 0 Å². The van der Waals surface area contributed by atoms with Crippen molar-refractivity contribution in [2.75, 3.05) is 30.6 Å². The van der Waals surface area contributed by atoms with Gasteiger partial charge in [0.05, 0.1) is 43.5 Å². The fraction of sp³-hybridized carbons (Fsp3) is 0.350. The van der Waals surface area contributed by atoms with Crippen molar-refractivity contribution < 1.29 is 17.9 Å². The molecule has 6 nitrogen and oxygen atoms in total. The van der Waals surface area contributed by atoms with Gasteiger partial charge in [0.15, 0.2) is 15.0 Å². The predicted octanol–water partition coefficient (Wildman–Crippen LogP) is 4.29. The molecule has 0 aliphatic carbocycles. The van der Waals surface area contributed by atoms with Crippen LogP contribution in [0.25, 0.3) is 0 Å². The quantitative estimate of drug-likeness (QED) is 0.627. The molecule has 2 aliphatic rings. The van der Waals surface area contributed by atoms with E-state index in [0.29, 0.717) is 27.3 Å². The average molecular weight is 487 g/mol. The largest absolute Gasteiger partial charge is 0.497 e. The molecule has 0 spiro atoms. The van der Waals surface area contributed by atoms with Crippen molar-refractivity contribution >= 4 is 55.7 Å². The zero-order chi connectivity index (χ0) is 21.5. The van der Waals surface area contributed by atoms with E-state index in [4.69, 9.17) is 37.7 Å². The minimum atomic E-state index is -3.15. The van der Waals surface area contributed by atoms with Crippen LogP contribution in [0.15, 0.2) is 41.4 Å². The maximum Gasteiger partial charge on any atom is 0.164 e. The van der Waals surface area contributed by atoms with E-state index >= 15 is 0 Å². The lowest BCUT2D eigenvalue weighted by atomic mass is 10.1. The summed E-state index contributed by atoms with van der Waals surface area (Å²) in [5.74, 6) is 1.95. The first-order chi connectivity index (χ1) is 14.3. The third kappa shape index (κ3) is 4.23. The fourth-order valence-corrected chi connectivity index (χ4v) is 7.20. The average Bonchev–Trinajstić information content (AvgIpc) is 3.17. The molecule has 0 saturated carbocycles. The first-order valence-corrected chi connectivity index (χ1v) is 12.7. The molecular weight excluding hydrogens is 467 g/mol. The molecule has 2 heterocycles. The van der Waals surface area contributed by atoms with Gasteiger partial charge in [-0.05, 0) is 29.8 Å². The highest BCUT2D eigenvalue weighted by Crippen LogP contribution is 2.42. The van der Waals surface area contributed by atoms with E-state index in [2.05, 4.69) is 0 Å². The number of hydrogen-bond acceptors (Lipinski definition) is 7. The summed E-state index contributed by atoms with van der Waals surface area (Å²) in [6.45, 7) is 0. The van der Waals surface area contributed by atoms with Gasteiger partial charge in [-0.25, -0.2) is 8.42 Å². The summed E-state index contributed by atoms with van der Waals surface area (Å²) in [6, 6.07) is 10.3. The molecule has 2 atom stereocenters. The number of hydrogen-bond donors (Lipinski definition) is 0. The van der Waals surface area contributed by atoms with Crippen LogP contribution in [-0.2, 0) is 15.6 Å². The first-order valence-electron chi connectivity index (χ1n) is 9.17. The zero-order valence-corrected chi connectivity index (χ0v) is 19.5. The van der Waals surface area contributed by atoms with Crippen molar-refractivity contribution in [2.24, 2.45) is 4.99 Å². The number of amidine groups is 1. The number of nitrogens with zero attached hydrogens (tertiary/aromatic N) is 2. The second kappa shape index (κ2) is 8.49. The predicted molar refractivity (Wildman–Crippen MR) is 123 cm³/mol. The molecule has 0 radical (unpaired) electrons. The van der Waals surface area contributed by atoms with E-state index in [9.17, 15) is 8.42 Å². The first kappa shape index (κ1) is 21.6. The lowest BCUT2D eigenvalue weighted by Gasteiger charge is -2.28. The topological polar surface area (TPSA) is 68.2 Å². The number of anilines is 1. The Kier molecular flexibility index (Phi) is 6.12. The Hall–Kier alpha value is -1.61. The van der Waals surface area contributed by atoms with E-state index in [0.717, 1.165) is 16.4 Å². The van der Waals surface area contributed by atoms with Crippen LogP contribution < -0.4 is 14.4 Å². The second-order valence-electron chi connectivity index (χ2n) is 7.06. The molecule has 10 heteroatoms. The van der Waals surface area contributed by atoms with Gasteiger partial charge in [0.1, 0.15) is 11.5 Å². The summed E-state index contributed by atoms with van der Waals surface area (Å²) in [7, 11) is 0.0235. The molecule has 4 rings (SSSR count). The monoisotopic (exact) mass is 486 g/mol. The van der Waals surface area contributed by atoms with Crippen LogP contribution in [0.3, 0.4) is 0 Å². The fourth-order valence-electron chi connectivity index (χ4n) is 3.68. The molecular formula is C20H20Cl2N2O4S2. The Balaban J connectivity index is 1.69. The van der Waals surface area contributed by atoms with Gasteiger partial charge in [0, 0.05) is 21.9 Å². The summed E-state index contributed by atoms with van der Waals surface area (Å²) in [6.07, 6.45) is 0. The normalized spacial score (nSPS) is 22.0. The molecule has 0 N–H and O–H groups in total. The van der Waals surface area contributed by atoms with Crippen LogP contribution in [0.1, 0.15) is 5.56 Å². The van der Waals surface area contributed by atoms with Crippen molar-refractivity contribution in [1.29, 1.82) is 0 Å². The van der Waals surface area contributed by atoms with Crippen LogP contribution in [0.5, 0.6) is 11.5 Å². The lowest BCUT2D eigenvalue weighted by molar-refractivity contribution is 0.403. The van der Waals surface area contributed by atoms with Gasteiger partial charge in [0.2, 0.25) is 0 Å². The number of benzene rings is 2. The molecule has 2 aliphatic heterocycles. The van der Waals surface area contributed by atoms with E-state index in [1.165, 1.54) is 11.8 Å². The van der Waals surface area contributed by atoms with E-state index < -0.39 is 9.84 Å². The molecule has 0 amide bonds. The number of rotatable bonds is 5. The molecule has 2 aromatic rings. The van der Waals surface area contributed by atoms with Crippen LogP contribution >= 0.6 is 35.0 Å². The van der Waals surface area contributed by atoms with Crippen LogP contribution in [0.2, 0.25) is 10.0 Å². The summed E-state index contributed by atoms with van der Waals surface area (Å²) >= 11 is 13.8. The van der Waals surface area contributed by atoms with Crippen molar-refractivity contribution in [3.05, 3.63) is 52.0 Å². The SMILES string of the molecule is COc1ccc(OC)c(N2C(SCc3ccc(Cl)cc3Cl)=N[C@@H]3CS(=O)(=O)C[C@H]32)c1. The number of aliphatic imine (C=N–C) groups is 1. The van der Waals surface area contributed by atoms with Gasteiger partial charge < -0.3 is 14.4 Å². The molecule has 0 bridgehead atoms. The van der Waals surface area contributed by atoms with Crippen molar-refractivity contribution in [3.63, 3.8) is 0 Å². The molecule has 160 valence electrons. The lowest BCUT2D eigenvalue weighted by Crippen LogP contribution is -2.39. The maximum atomic E-state index is 12.3. The van der Waals surface area contributed by atoms with Gasteiger partial charge >= 0.3 is 0 Å². The van der Waals surface area contributed by atoms with Crippen LogP contribution in [0, 0.1) is 0 Å². The van der Waals surface area contributed by atoms with Gasteiger partial charge in [-0.15, -0.1) is 0 Å². The number of fused-ring (bicyclic) bond motifs is 1. The Morgan fingerprint density at radius 2 is 1.93 bits per heavy atom. The van der Waals surface area contributed by atoms with Crippen LogP contribution in [0.4, 0.5) is 5.69 Å². The number of thioether (sulfide) groups is 1. The molecule has 1 fully saturated rings. The zero-order valence-electron chi connectivity index (χ0n) is 16.3. The van der Waals surface area contributed by atoms with Gasteiger partial charge in [0.25, 0.3) is 0 Å². The minimum Gasteiger partial charge on any atom is -0.497 e. The Bertz CT molecular complexity index is 1110. The molecule has 0 aromatic heterocycles. The highest BCUT2D eigenvalue weighted by molar-refractivity contribution is 8.13. The number of halogens is 2. The third-order valence-corrected chi connectivity index (χ3v) is 8.43. The van der Waals surface area contributed by atoms with E-state index in [1.54, 1.807) is 32.4 Å². The van der Waals surface area contributed by atoms with Crippen LogP contribution in [-0.4, -0.2) is 51.4 Å². The number of sulfone groups is 1. The highest BCUT2D eigenvalue weighted by Gasteiger charge is 2.47. The minimum absolute atomic E-state index is 0.0478. The Morgan fingerprint density at radius 1 is 1.13 bits per heavy atom.